The molecule has 1 fully saturated rings. The highest BCUT2D eigenvalue weighted by Crippen LogP contribution is 2.45. The Balaban J connectivity index is 1.47. The zero-order valence-corrected chi connectivity index (χ0v) is 52.7. The summed E-state index contributed by atoms with van der Waals surface area (Å²) in [6.07, 6.45) is 0. The molecule has 0 bridgehead atoms. The van der Waals surface area contributed by atoms with E-state index in [4.69, 9.17) is 0 Å². The van der Waals surface area contributed by atoms with Crippen molar-refractivity contribution in [2.24, 2.45) is 0 Å². The third-order valence-electron chi connectivity index (χ3n) is 16.2. The number of benzene rings is 7. The van der Waals surface area contributed by atoms with Crippen LogP contribution in [0.2, 0.25) is 0 Å². The summed E-state index contributed by atoms with van der Waals surface area (Å²) in [6, 6.07) is 50.4. The third-order valence-corrected chi connectivity index (χ3v) is 16.2. The van der Waals surface area contributed by atoms with E-state index in [-0.39, 0.29) is 49.2 Å². The van der Waals surface area contributed by atoms with Crippen molar-refractivity contribution < 1.29 is 4.79 Å². The lowest BCUT2D eigenvalue weighted by Crippen LogP contribution is -2.16. The second kappa shape index (κ2) is 19.7. The predicted molar refractivity (Wildman–Crippen MR) is 341 cm³/mol. The van der Waals surface area contributed by atoms with Crippen molar-refractivity contribution in [2.75, 3.05) is 11.4 Å². The first-order chi connectivity index (χ1) is 35.5. The molecule has 78 heavy (non-hydrogen) atoms. The van der Waals surface area contributed by atoms with Gasteiger partial charge in [-0.2, -0.15) is 0 Å². The van der Waals surface area contributed by atoms with Gasteiger partial charge in [0, 0.05) is 5.69 Å². The van der Waals surface area contributed by atoms with Gasteiger partial charge in [-0.15, -0.1) is 0 Å². The molecule has 410 valence electrons. The van der Waals surface area contributed by atoms with E-state index in [2.05, 4.69) is 294 Å². The van der Waals surface area contributed by atoms with Crippen LogP contribution >= 0.6 is 0 Å². The summed E-state index contributed by atoms with van der Waals surface area (Å²) in [5.74, 6) is 0.145. The van der Waals surface area contributed by atoms with Gasteiger partial charge in [0.25, 0.3) is 0 Å². The summed E-state index contributed by atoms with van der Waals surface area (Å²) in [4.78, 5) is 15.3. The molecule has 7 aromatic rings. The Hall–Kier alpha value is -5.99. The van der Waals surface area contributed by atoms with Crippen molar-refractivity contribution >= 4 is 11.6 Å². The van der Waals surface area contributed by atoms with Gasteiger partial charge in [-0.05, 0) is 209 Å². The second-order valence-corrected chi connectivity index (χ2v) is 31.5. The SMILES string of the molecule is CC(C)(C)c1cc(-c2cc(-c3cc(-c4cc(-c5cc(C(C)(C)C)cc(C(C)(C)C)c5)cc(-c5cc(C(C)(C)C)cc(C(C)(C)C)c5)c4)cc(N4CC4=O)c3)cc(-c3cc(C(C)(C)C)cc(C(C)(C)C)c3)c2)cc(C(C)(C)C)c1. The first kappa shape index (κ1) is 58.2. The molecule has 0 radical (unpaired) electrons. The van der Waals surface area contributed by atoms with Crippen LogP contribution in [0.15, 0.2) is 127 Å². The molecule has 0 N–H and O–H groups in total. The van der Waals surface area contributed by atoms with Gasteiger partial charge in [-0.3, -0.25) is 4.79 Å². The van der Waals surface area contributed by atoms with Crippen LogP contribution in [-0.2, 0) is 48.1 Å². The van der Waals surface area contributed by atoms with Gasteiger partial charge in [-0.1, -0.05) is 239 Å². The van der Waals surface area contributed by atoms with E-state index in [9.17, 15) is 4.79 Å². The number of rotatable bonds is 7. The average Bonchev–Trinajstić information content (AvgIpc) is 4.07. The summed E-state index contributed by atoms with van der Waals surface area (Å²) in [5.41, 5.74) is 25.1. The van der Waals surface area contributed by atoms with Crippen LogP contribution in [0.4, 0.5) is 5.69 Å². The highest BCUT2D eigenvalue weighted by molar-refractivity contribution is 6.12. The normalized spacial score (nSPS) is 14.1. The molecule has 1 aliphatic heterocycles. The number of nitrogens with zero attached hydrogens (tertiary/aromatic N) is 1. The van der Waals surface area contributed by atoms with Gasteiger partial charge >= 0.3 is 0 Å². The molecule has 1 heterocycles. The summed E-state index contributed by atoms with van der Waals surface area (Å²) in [6.45, 7) is 56.2. The fourth-order valence-corrected chi connectivity index (χ4v) is 10.3. The quantitative estimate of drug-likeness (QED) is 0.146. The van der Waals surface area contributed by atoms with Crippen LogP contribution in [-0.4, -0.2) is 12.5 Å². The van der Waals surface area contributed by atoms with Crippen molar-refractivity contribution in [1.29, 1.82) is 0 Å². The fraction of sp³-hybridized carbons (Fsp3) is 0.434. The molecular formula is C76H95NO. The fourth-order valence-electron chi connectivity index (χ4n) is 10.3. The highest BCUT2D eigenvalue weighted by Gasteiger charge is 2.33. The van der Waals surface area contributed by atoms with Gasteiger partial charge in [0.2, 0.25) is 5.91 Å². The molecule has 0 unspecified atom stereocenters. The van der Waals surface area contributed by atoms with Crippen LogP contribution in [0.1, 0.15) is 211 Å². The smallest absolute Gasteiger partial charge is 0.247 e. The van der Waals surface area contributed by atoms with E-state index in [0.717, 1.165) is 27.9 Å². The number of hydrogen-bond donors (Lipinski definition) is 0. The van der Waals surface area contributed by atoms with Crippen LogP contribution in [0, 0.1) is 0 Å². The molecule has 0 atom stereocenters. The third kappa shape index (κ3) is 13.0. The summed E-state index contributed by atoms with van der Waals surface area (Å²) >= 11 is 0. The minimum absolute atomic E-state index is 0.0499. The summed E-state index contributed by atoms with van der Waals surface area (Å²) in [5, 5.41) is 0. The van der Waals surface area contributed by atoms with Crippen molar-refractivity contribution in [3.8, 4) is 66.8 Å². The molecule has 1 aliphatic rings. The predicted octanol–water partition coefficient (Wildman–Crippen LogP) is 21.4. The molecule has 0 spiro atoms. The minimum atomic E-state index is -0.0499. The standard InChI is InChI=1S/C76H95NO/c1-69(2,3)59-32-55(33-60(42-59)70(4,5)6)49-25-47(26-50(29-49)56-34-61(71(7,8)9)43-62(35-56)72(10,11)12)53-31-54(41-67(40-53)77-46-68(77)78)48-27-51(57-36-63(73(13,14)15)44-64(37-57)74(16,17)18)30-52(28-48)58-38-65(75(19,20)21)45-66(39-58)76(22,23)24/h25-45H,46H2,1-24H3. The Kier molecular flexibility index (Phi) is 14.7. The lowest BCUT2D eigenvalue weighted by atomic mass is 9.77. The molecule has 2 nitrogen and oxygen atoms in total. The molecule has 0 saturated carbocycles. The van der Waals surface area contributed by atoms with E-state index in [1.807, 2.05) is 4.90 Å². The number of carbonyl (C=O) groups excluding carboxylic acids is 1. The van der Waals surface area contributed by atoms with Crippen molar-refractivity contribution in [1.82, 2.24) is 0 Å². The lowest BCUT2D eigenvalue weighted by molar-refractivity contribution is -0.109. The molecule has 0 aromatic heterocycles. The van der Waals surface area contributed by atoms with Crippen LogP contribution < -0.4 is 4.90 Å². The Morgan fingerprint density at radius 3 is 0.474 bits per heavy atom. The van der Waals surface area contributed by atoms with Gasteiger partial charge < -0.3 is 4.90 Å². The Morgan fingerprint density at radius 1 is 0.218 bits per heavy atom. The van der Waals surface area contributed by atoms with E-state index in [1.165, 1.54) is 89.0 Å². The van der Waals surface area contributed by atoms with Gasteiger partial charge in [0.15, 0.2) is 0 Å². The Bertz CT molecular complexity index is 2910. The topological polar surface area (TPSA) is 20.1 Å². The first-order valence-corrected chi connectivity index (χ1v) is 28.9. The van der Waals surface area contributed by atoms with Crippen molar-refractivity contribution in [3.05, 3.63) is 172 Å². The molecule has 8 rings (SSSR count). The lowest BCUT2D eigenvalue weighted by Gasteiger charge is -2.27. The molecular weight excluding hydrogens is 943 g/mol. The Labute approximate surface area is 473 Å². The van der Waals surface area contributed by atoms with Crippen molar-refractivity contribution in [2.45, 2.75) is 209 Å². The van der Waals surface area contributed by atoms with Crippen molar-refractivity contribution in [3.63, 3.8) is 0 Å². The van der Waals surface area contributed by atoms with Crippen LogP contribution in [0.25, 0.3) is 66.8 Å². The molecule has 7 aromatic carbocycles. The van der Waals surface area contributed by atoms with E-state index in [0.29, 0.717) is 6.54 Å². The minimum Gasteiger partial charge on any atom is -0.301 e. The average molecular weight is 1040 g/mol. The van der Waals surface area contributed by atoms with E-state index < -0.39 is 0 Å². The number of anilines is 1. The monoisotopic (exact) mass is 1040 g/mol. The van der Waals surface area contributed by atoms with Gasteiger partial charge in [0.05, 0.1) is 0 Å². The molecule has 0 aliphatic carbocycles. The zero-order chi connectivity index (χ0) is 57.8. The molecule has 1 saturated heterocycles. The molecule has 2 heteroatoms. The van der Waals surface area contributed by atoms with Gasteiger partial charge in [-0.25, -0.2) is 0 Å². The number of amides is 1. The van der Waals surface area contributed by atoms with Crippen LogP contribution in [0.5, 0.6) is 0 Å². The maximum Gasteiger partial charge on any atom is 0.247 e. The van der Waals surface area contributed by atoms with E-state index >= 15 is 0 Å². The maximum absolute atomic E-state index is 13.4. The van der Waals surface area contributed by atoms with Crippen LogP contribution in [0.3, 0.4) is 0 Å². The molecule has 1 amide bonds. The second-order valence-electron chi connectivity index (χ2n) is 31.5. The Morgan fingerprint density at radius 2 is 0.346 bits per heavy atom. The van der Waals surface area contributed by atoms with Gasteiger partial charge in [0.1, 0.15) is 6.54 Å². The number of carbonyl (C=O) groups is 1. The summed E-state index contributed by atoms with van der Waals surface area (Å²) < 4.78 is 0. The van der Waals surface area contributed by atoms with E-state index in [1.54, 1.807) is 0 Å². The highest BCUT2D eigenvalue weighted by atomic mass is 16.2. The number of hydrogen-bond acceptors (Lipinski definition) is 1. The maximum atomic E-state index is 13.4. The first-order valence-electron chi connectivity index (χ1n) is 28.9. The summed E-state index contributed by atoms with van der Waals surface area (Å²) in [7, 11) is 0. The zero-order valence-electron chi connectivity index (χ0n) is 52.7. The largest absolute Gasteiger partial charge is 0.301 e.